The number of benzene rings is 1. The molecule has 3 rings (SSSR count). The molecule has 0 bridgehead atoms. The lowest BCUT2D eigenvalue weighted by molar-refractivity contribution is -0.0935. The molecule has 1 fully saturated rings. The lowest BCUT2D eigenvalue weighted by Crippen LogP contribution is -2.55. The first-order chi connectivity index (χ1) is 10.1. The van der Waals surface area contributed by atoms with Crippen LogP contribution in [0.15, 0.2) is 24.3 Å². The van der Waals surface area contributed by atoms with Crippen LogP contribution in [-0.2, 0) is 12.8 Å². The maximum atomic E-state index is 11.2. The van der Waals surface area contributed by atoms with Gasteiger partial charge in [0.05, 0.1) is 17.1 Å². The predicted molar refractivity (Wildman–Crippen MR) is 82.8 cm³/mol. The zero-order valence-corrected chi connectivity index (χ0v) is 12.8. The minimum absolute atomic E-state index is 0.630. The Labute approximate surface area is 127 Å². The second kappa shape index (κ2) is 5.44. The number of fused-ring (bicyclic) bond motifs is 1. The standard InChI is InChI=1S/C18H24N2O/c1-2-9-20-10-7-18(21,8-11-20)17(14-19)12-15-5-3-4-6-16(15)13-17/h3-6,21H,2,7-13H2,1H3. The van der Waals surface area contributed by atoms with Gasteiger partial charge in [-0.2, -0.15) is 5.26 Å². The summed E-state index contributed by atoms with van der Waals surface area (Å²) < 4.78 is 0. The summed E-state index contributed by atoms with van der Waals surface area (Å²) in [7, 11) is 0. The van der Waals surface area contributed by atoms with Gasteiger partial charge in [0.25, 0.3) is 0 Å². The van der Waals surface area contributed by atoms with Gasteiger partial charge in [0.1, 0.15) is 0 Å². The smallest absolute Gasteiger partial charge is 0.0941 e. The van der Waals surface area contributed by atoms with Crippen LogP contribution in [0.25, 0.3) is 0 Å². The lowest BCUT2D eigenvalue weighted by atomic mass is 9.66. The van der Waals surface area contributed by atoms with E-state index in [1.807, 2.05) is 12.1 Å². The van der Waals surface area contributed by atoms with E-state index in [4.69, 9.17) is 0 Å². The third-order valence-electron chi connectivity index (χ3n) is 5.43. The fourth-order valence-corrected chi connectivity index (χ4v) is 4.07. The van der Waals surface area contributed by atoms with Crippen molar-refractivity contribution in [2.45, 2.75) is 44.6 Å². The molecule has 3 nitrogen and oxygen atoms in total. The molecule has 0 unspecified atom stereocenters. The van der Waals surface area contributed by atoms with Gasteiger partial charge in [-0.3, -0.25) is 0 Å². The van der Waals surface area contributed by atoms with E-state index in [1.165, 1.54) is 11.1 Å². The molecular formula is C18H24N2O. The van der Waals surface area contributed by atoms with E-state index in [1.54, 1.807) is 0 Å². The lowest BCUT2D eigenvalue weighted by Gasteiger charge is -2.46. The van der Waals surface area contributed by atoms with Gasteiger partial charge in [-0.1, -0.05) is 31.2 Å². The molecular weight excluding hydrogens is 260 g/mol. The van der Waals surface area contributed by atoms with Gasteiger partial charge in [-0.05, 0) is 49.8 Å². The van der Waals surface area contributed by atoms with E-state index >= 15 is 0 Å². The summed E-state index contributed by atoms with van der Waals surface area (Å²) in [6, 6.07) is 10.8. The van der Waals surface area contributed by atoms with Gasteiger partial charge in [-0.15, -0.1) is 0 Å². The number of piperidine rings is 1. The Hall–Kier alpha value is -1.37. The van der Waals surface area contributed by atoms with Crippen molar-refractivity contribution in [1.82, 2.24) is 4.90 Å². The topological polar surface area (TPSA) is 47.3 Å². The first-order valence-corrected chi connectivity index (χ1v) is 8.05. The predicted octanol–water partition coefficient (Wildman–Crippen LogP) is 2.53. The molecule has 21 heavy (non-hydrogen) atoms. The monoisotopic (exact) mass is 284 g/mol. The normalized spacial score (nSPS) is 23.5. The van der Waals surface area contributed by atoms with Crippen molar-refractivity contribution in [3.05, 3.63) is 35.4 Å². The Morgan fingerprint density at radius 3 is 2.24 bits per heavy atom. The van der Waals surface area contributed by atoms with Crippen molar-refractivity contribution in [3.8, 4) is 6.07 Å². The SMILES string of the molecule is CCCN1CCC(O)(C2(C#N)Cc3ccccc3C2)CC1. The van der Waals surface area contributed by atoms with E-state index in [0.29, 0.717) is 25.7 Å². The van der Waals surface area contributed by atoms with Gasteiger partial charge < -0.3 is 10.0 Å². The first kappa shape index (κ1) is 14.6. The Balaban J connectivity index is 1.81. The van der Waals surface area contributed by atoms with Crippen molar-refractivity contribution in [2.24, 2.45) is 5.41 Å². The Kier molecular flexibility index (Phi) is 3.77. The second-order valence-electron chi connectivity index (χ2n) is 6.69. The summed E-state index contributed by atoms with van der Waals surface area (Å²) in [6.07, 6.45) is 3.98. The molecule has 1 aliphatic heterocycles. The zero-order valence-electron chi connectivity index (χ0n) is 12.8. The molecule has 3 heteroatoms. The molecule has 0 atom stereocenters. The summed E-state index contributed by atoms with van der Waals surface area (Å²) in [6.45, 7) is 5.09. The van der Waals surface area contributed by atoms with Gasteiger partial charge in [0, 0.05) is 13.1 Å². The van der Waals surface area contributed by atoms with Crippen LogP contribution in [0.3, 0.4) is 0 Å². The summed E-state index contributed by atoms with van der Waals surface area (Å²) in [5.41, 5.74) is 1.01. The van der Waals surface area contributed by atoms with E-state index in [2.05, 4.69) is 30.0 Å². The average Bonchev–Trinajstić information content (AvgIpc) is 2.90. The summed E-state index contributed by atoms with van der Waals surface area (Å²) in [4.78, 5) is 2.40. The fourth-order valence-electron chi connectivity index (χ4n) is 4.07. The van der Waals surface area contributed by atoms with Gasteiger partial charge in [0.2, 0.25) is 0 Å². The van der Waals surface area contributed by atoms with Crippen LogP contribution in [-0.4, -0.2) is 35.2 Å². The van der Waals surface area contributed by atoms with E-state index in [-0.39, 0.29) is 0 Å². The molecule has 1 saturated heterocycles. The first-order valence-electron chi connectivity index (χ1n) is 8.05. The summed E-state index contributed by atoms with van der Waals surface area (Å²) in [5.74, 6) is 0. The third kappa shape index (κ3) is 2.37. The van der Waals surface area contributed by atoms with E-state index in [9.17, 15) is 10.4 Å². The minimum atomic E-state index is -0.842. The highest BCUT2D eigenvalue weighted by molar-refractivity contribution is 5.39. The number of hydrogen-bond donors (Lipinski definition) is 1. The molecule has 0 aromatic heterocycles. The van der Waals surface area contributed by atoms with E-state index in [0.717, 1.165) is 26.1 Å². The number of likely N-dealkylation sites (tertiary alicyclic amines) is 1. The number of rotatable bonds is 3. The molecule has 1 aromatic carbocycles. The van der Waals surface area contributed by atoms with Gasteiger partial charge in [0.15, 0.2) is 0 Å². The molecule has 1 heterocycles. The fraction of sp³-hybridized carbons (Fsp3) is 0.611. The molecule has 0 amide bonds. The summed E-state index contributed by atoms with van der Waals surface area (Å²) in [5, 5.41) is 21.1. The van der Waals surface area contributed by atoms with Crippen molar-refractivity contribution in [3.63, 3.8) is 0 Å². The van der Waals surface area contributed by atoms with Crippen LogP contribution < -0.4 is 0 Å². The van der Waals surface area contributed by atoms with Crippen LogP contribution in [0, 0.1) is 16.7 Å². The van der Waals surface area contributed by atoms with Crippen LogP contribution in [0.1, 0.15) is 37.3 Å². The van der Waals surface area contributed by atoms with Crippen LogP contribution in [0.2, 0.25) is 0 Å². The molecule has 0 spiro atoms. The van der Waals surface area contributed by atoms with Gasteiger partial charge in [-0.25, -0.2) is 0 Å². The molecule has 0 radical (unpaired) electrons. The molecule has 0 saturated carbocycles. The van der Waals surface area contributed by atoms with Crippen molar-refractivity contribution in [1.29, 1.82) is 5.26 Å². The molecule has 1 aromatic rings. The Morgan fingerprint density at radius 2 is 1.76 bits per heavy atom. The van der Waals surface area contributed by atoms with E-state index < -0.39 is 11.0 Å². The van der Waals surface area contributed by atoms with Crippen LogP contribution in [0.5, 0.6) is 0 Å². The number of aliphatic hydroxyl groups is 1. The highest BCUT2D eigenvalue weighted by Gasteiger charge is 2.54. The average molecular weight is 284 g/mol. The van der Waals surface area contributed by atoms with Crippen LogP contribution in [0.4, 0.5) is 0 Å². The number of nitrogens with zero attached hydrogens (tertiary/aromatic N) is 2. The highest BCUT2D eigenvalue weighted by atomic mass is 16.3. The Bertz CT molecular complexity index is 528. The molecule has 1 aliphatic carbocycles. The van der Waals surface area contributed by atoms with Crippen molar-refractivity contribution < 1.29 is 5.11 Å². The maximum absolute atomic E-state index is 11.2. The number of hydrogen-bond acceptors (Lipinski definition) is 3. The Morgan fingerprint density at radius 1 is 1.19 bits per heavy atom. The second-order valence-corrected chi connectivity index (χ2v) is 6.69. The minimum Gasteiger partial charge on any atom is -0.388 e. The maximum Gasteiger partial charge on any atom is 0.0941 e. The van der Waals surface area contributed by atoms with Crippen LogP contribution >= 0.6 is 0 Å². The molecule has 1 N–H and O–H groups in total. The van der Waals surface area contributed by atoms with Crippen molar-refractivity contribution in [2.75, 3.05) is 19.6 Å². The largest absolute Gasteiger partial charge is 0.388 e. The third-order valence-corrected chi connectivity index (χ3v) is 5.43. The zero-order chi connectivity index (χ0) is 14.9. The number of nitriles is 1. The molecule has 112 valence electrons. The quantitative estimate of drug-likeness (QED) is 0.928. The molecule has 2 aliphatic rings. The highest BCUT2D eigenvalue weighted by Crippen LogP contribution is 2.48. The summed E-state index contributed by atoms with van der Waals surface area (Å²) >= 11 is 0. The van der Waals surface area contributed by atoms with Gasteiger partial charge >= 0.3 is 0 Å². The van der Waals surface area contributed by atoms with Crippen molar-refractivity contribution >= 4 is 0 Å².